The molecular weight excluding hydrogens is 416 g/mol. The lowest BCUT2D eigenvalue weighted by atomic mass is 9.99. The van der Waals surface area contributed by atoms with E-state index in [9.17, 15) is 9.59 Å². The van der Waals surface area contributed by atoms with Crippen molar-refractivity contribution in [2.45, 2.75) is 19.4 Å². The highest BCUT2D eigenvalue weighted by molar-refractivity contribution is 6.30. The molecule has 0 unspecified atom stereocenters. The third-order valence-electron chi connectivity index (χ3n) is 5.63. The number of hydrogen-bond donors (Lipinski definition) is 2. The predicted octanol–water partition coefficient (Wildman–Crippen LogP) is 2.91. The summed E-state index contributed by atoms with van der Waals surface area (Å²) in [5, 5.41) is 4.04. The normalized spacial score (nSPS) is 16.1. The van der Waals surface area contributed by atoms with Gasteiger partial charge < -0.3 is 20.1 Å². The van der Waals surface area contributed by atoms with Crippen LogP contribution in [0.25, 0.3) is 0 Å². The van der Waals surface area contributed by atoms with Crippen molar-refractivity contribution in [2.75, 3.05) is 29.9 Å². The van der Waals surface area contributed by atoms with Crippen molar-refractivity contribution >= 4 is 34.8 Å². The average Bonchev–Trinajstić information content (AvgIpc) is 3.17. The van der Waals surface area contributed by atoms with Gasteiger partial charge in [0.25, 0.3) is 11.8 Å². The number of aromatic nitrogens is 3. The van der Waals surface area contributed by atoms with E-state index in [4.69, 9.17) is 11.6 Å². The molecule has 2 N–H and O–H groups in total. The Kier molecular flexibility index (Phi) is 4.86. The number of fused-ring (bicyclic) bond motifs is 1. The Labute approximate surface area is 184 Å². The van der Waals surface area contributed by atoms with Crippen LogP contribution in [0.1, 0.15) is 32.2 Å². The monoisotopic (exact) mass is 436 g/mol. The van der Waals surface area contributed by atoms with Crippen LogP contribution >= 0.6 is 11.6 Å². The van der Waals surface area contributed by atoms with Crippen LogP contribution in [0.15, 0.2) is 42.9 Å². The predicted molar refractivity (Wildman–Crippen MR) is 118 cm³/mol. The molecule has 8 nitrogen and oxygen atoms in total. The lowest BCUT2D eigenvalue weighted by Crippen LogP contribution is -2.57. The number of nitrogens with one attached hydrogen (secondary N) is 2. The van der Waals surface area contributed by atoms with Crippen LogP contribution in [0.2, 0.25) is 5.02 Å². The van der Waals surface area contributed by atoms with Gasteiger partial charge in [-0.1, -0.05) is 11.6 Å². The number of carbonyl (C=O) groups is 2. The fraction of sp³-hybridized carbons (Fsp3) is 0.273. The molecule has 4 heterocycles. The Balaban J connectivity index is 1.24. The molecule has 0 saturated carbocycles. The summed E-state index contributed by atoms with van der Waals surface area (Å²) in [6, 6.07) is 7.42. The Morgan fingerprint density at radius 2 is 2.06 bits per heavy atom. The first-order chi connectivity index (χ1) is 15.0. The number of carbonyl (C=O) groups excluding carboxylic acids is 2. The van der Waals surface area contributed by atoms with E-state index in [1.54, 1.807) is 40.5 Å². The summed E-state index contributed by atoms with van der Waals surface area (Å²) in [5.41, 5.74) is 4.07. The van der Waals surface area contributed by atoms with Crippen LogP contribution in [-0.4, -0.2) is 57.3 Å². The van der Waals surface area contributed by atoms with Gasteiger partial charge >= 0.3 is 0 Å². The van der Waals surface area contributed by atoms with Gasteiger partial charge in [0.1, 0.15) is 0 Å². The highest BCUT2D eigenvalue weighted by Crippen LogP contribution is 2.28. The van der Waals surface area contributed by atoms with E-state index in [0.717, 1.165) is 29.1 Å². The van der Waals surface area contributed by atoms with Crippen molar-refractivity contribution in [1.82, 2.24) is 19.9 Å². The molecular formula is C22H21ClN6O2. The average molecular weight is 437 g/mol. The molecule has 1 aromatic carbocycles. The number of halogens is 1. The second-order valence-corrected chi connectivity index (χ2v) is 8.34. The van der Waals surface area contributed by atoms with Gasteiger partial charge in [0, 0.05) is 42.1 Å². The number of nitrogens with zero attached hydrogens (tertiary/aromatic N) is 4. The van der Waals surface area contributed by atoms with E-state index < -0.39 is 0 Å². The number of hydrogen-bond acceptors (Lipinski definition) is 5. The molecule has 2 aliphatic rings. The summed E-state index contributed by atoms with van der Waals surface area (Å²) in [4.78, 5) is 40.2. The summed E-state index contributed by atoms with van der Waals surface area (Å²) < 4.78 is 0. The zero-order valence-electron chi connectivity index (χ0n) is 16.9. The summed E-state index contributed by atoms with van der Waals surface area (Å²) in [6.45, 7) is 3.61. The molecule has 5 rings (SSSR count). The number of aryl methyl sites for hydroxylation is 1. The fourth-order valence-corrected chi connectivity index (χ4v) is 4.19. The van der Waals surface area contributed by atoms with Crippen LogP contribution in [0, 0.1) is 6.92 Å². The highest BCUT2D eigenvalue weighted by atomic mass is 35.5. The molecule has 3 aromatic rings. The molecule has 0 radical (unpaired) electrons. The summed E-state index contributed by atoms with van der Waals surface area (Å²) in [5.74, 6) is 0.214. The maximum Gasteiger partial charge on any atom is 0.289 e. The van der Waals surface area contributed by atoms with E-state index in [0.29, 0.717) is 36.0 Å². The number of H-pyrrole nitrogens is 1. The van der Waals surface area contributed by atoms with E-state index in [-0.39, 0.29) is 17.9 Å². The van der Waals surface area contributed by atoms with Gasteiger partial charge in [-0.25, -0.2) is 4.98 Å². The quantitative estimate of drug-likeness (QED) is 0.655. The van der Waals surface area contributed by atoms with Gasteiger partial charge in [-0.15, -0.1) is 0 Å². The van der Waals surface area contributed by atoms with E-state index in [2.05, 4.69) is 20.3 Å². The maximum atomic E-state index is 13.0. The van der Waals surface area contributed by atoms with E-state index in [1.165, 1.54) is 0 Å². The zero-order chi connectivity index (χ0) is 21.5. The van der Waals surface area contributed by atoms with Crippen molar-refractivity contribution in [3.8, 4) is 0 Å². The molecule has 158 valence electrons. The molecule has 9 heteroatoms. The Hall–Kier alpha value is -3.39. The van der Waals surface area contributed by atoms with Gasteiger partial charge in [0.05, 0.1) is 29.8 Å². The highest BCUT2D eigenvalue weighted by Gasteiger charge is 2.33. The number of imidazole rings is 1. The minimum Gasteiger partial charge on any atom is -0.377 e. The SMILES string of the molecule is Cc1cnc(C(=O)N2CC(Nc3cncc(N4CCc5cc(Cl)ccc5C4=O)c3)C2)[nH]1. The summed E-state index contributed by atoms with van der Waals surface area (Å²) in [6.07, 6.45) is 5.81. The van der Waals surface area contributed by atoms with Crippen LogP contribution in [0.4, 0.5) is 11.4 Å². The van der Waals surface area contributed by atoms with E-state index >= 15 is 0 Å². The van der Waals surface area contributed by atoms with Gasteiger partial charge in [0.2, 0.25) is 0 Å². The van der Waals surface area contributed by atoms with Gasteiger partial charge in [-0.05, 0) is 43.2 Å². The van der Waals surface area contributed by atoms with Crippen molar-refractivity contribution in [3.63, 3.8) is 0 Å². The minimum atomic E-state index is -0.101. The number of anilines is 2. The van der Waals surface area contributed by atoms with Gasteiger partial charge in [-0.2, -0.15) is 0 Å². The van der Waals surface area contributed by atoms with Gasteiger partial charge in [-0.3, -0.25) is 14.6 Å². The Morgan fingerprint density at radius 3 is 2.84 bits per heavy atom. The molecule has 2 amide bonds. The Morgan fingerprint density at radius 1 is 1.23 bits per heavy atom. The van der Waals surface area contributed by atoms with Gasteiger partial charge in [0.15, 0.2) is 5.82 Å². The van der Waals surface area contributed by atoms with Crippen molar-refractivity contribution < 1.29 is 9.59 Å². The summed E-state index contributed by atoms with van der Waals surface area (Å²) >= 11 is 6.06. The van der Waals surface area contributed by atoms with Crippen LogP contribution in [0.5, 0.6) is 0 Å². The molecule has 31 heavy (non-hydrogen) atoms. The molecule has 2 aliphatic heterocycles. The second kappa shape index (κ2) is 7.70. The number of pyridine rings is 1. The lowest BCUT2D eigenvalue weighted by Gasteiger charge is -2.39. The zero-order valence-corrected chi connectivity index (χ0v) is 17.7. The maximum absolute atomic E-state index is 13.0. The first-order valence-corrected chi connectivity index (χ1v) is 10.5. The molecule has 1 saturated heterocycles. The Bertz CT molecular complexity index is 1170. The third-order valence-corrected chi connectivity index (χ3v) is 5.86. The fourth-order valence-electron chi connectivity index (χ4n) is 4.00. The number of aromatic amines is 1. The largest absolute Gasteiger partial charge is 0.377 e. The summed E-state index contributed by atoms with van der Waals surface area (Å²) in [7, 11) is 0. The molecule has 2 aromatic heterocycles. The van der Waals surface area contributed by atoms with Crippen LogP contribution in [-0.2, 0) is 6.42 Å². The molecule has 0 aliphatic carbocycles. The van der Waals surface area contributed by atoms with Crippen molar-refractivity contribution in [2.24, 2.45) is 0 Å². The number of likely N-dealkylation sites (tertiary alicyclic amines) is 1. The van der Waals surface area contributed by atoms with Crippen molar-refractivity contribution in [3.05, 3.63) is 70.5 Å². The number of benzene rings is 1. The molecule has 1 fully saturated rings. The minimum absolute atomic E-state index is 0.0500. The number of amides is 2. The topological polar surface area (TPSA) is 94.2 Å². The van der Waals surface area contributed by atoms with E-state index in [1.807, 2.05) is 19.1 Å². The smallest absolute Gasteiger partial charge is 0.289 e. The standard InChI is InChI=1S/C22H21ClN6O2/c1-13-8-25-20(26-13)22(31)28-11-17(12-28)27-16-7-18(10-24-9-16)29-5-4-14-6-15(23)2-3-19(14)21(29)30/h2-3,6-10,17,27H,4-5,11-12H2,1H3,(H,25,26). The van der Waals surface area contributed by atoms with Crippen LogP contribution < -0.4 is 10.2 Å². The molecule has 0 atom stereocenters. The first-order valence-electron chi connectivity index (χ1n) is 10.1. The molecule has 0 spiro atoms. The first kappa shape index (κ1) is 19.6. The molecule has 0 bridgehead atoms. The lowest BCUT2D eigenvalue weighted by molar-refractivity contribution is 0.0613. The second-order valence-electron chi connectivity index (χ2n) is 7.91. The number of rotatable bonds is 4. The van der Waals surface area contributed by atoms with Crippen LogP contribution in [0.3, 0.4) is 0 Å². The van der Waals surface area contributed by atoms with Crippen molar-refractivity contribution in [1.29, 1.82) is 0 Å². The third kappa shape index (κ3) is 3.74.